The summed E-state index contributed by atoms with van der Waals surface area (Å²) < 4.78 is 0. The zero-order valence-corrected chi connectivity index (χ0v) is 12.0. The molecule has 0 amide bonds. The molecule has 2 heterocycles. The minimum absolute atomic E-state index is 0.935. The molecule has 0 unspecified atom stereocenters. The molecule has 2 aromatic heterocycles. The van der Waals surface area contributed by atoms with Crippen molar-refractivity contribution in [2.24, 2.45) is 0 Å². The Morgan fingerprint density at radius 3 is 2.62 bits per heavy atom. The molecule has 0 radical (unpaired) electrons. The number of hydrogen-bond donors (Lipinski definition) is 0. The molecule has 0 bridgehead atoms. The first-order valence-electron chi connectivity index (χ1n) is 6.93. The Bertz CT molecular complexity index is 873. The van der Waals surface area contributed by atoms with E-state index in [9.17, 15) is 0 Å². The first-order chi connectivity index (χ1) is 10.3. The number of allylic oxidation sites excluding steroid dienone is 5. The molecule has 3 aromatic rings. The predicted molar refractivity (Wildman–Crippen MR) is 90.0 cm³/mol. The Kier molecular flexibility index (Phi) is 3.61. The Labute approximate surface area is 124 Å². The van der Waals surface area contributed by atoms with Gasteiger partial charge in [-0.25, -0.2) is 0 Å². The highest BCUT2D eigenvalue weighted by Gasteiger charge is 2.09. The third-order valence-corrected chi connectivity index (χ3v) is 3.42. The first kappa shape index (κ1) is 13.3. The van der Waals surface area contributed by atoms with Gasteiger partial charge >= 0.3 is 0 Å². The van der Waals surface area contributed by atoms with Crippen molar-refractivity contribution in [3.8, 4) is 0 Å². The van der Waals surface area contributed by atoms with Gasteiger partial charge in [0.15, 0.2) is 0 Å². The highest BCUT2D eigenvalue weighted by molar-refractivity contribution is 6.08. The van der Waals surface area contributed by atoms with Gasteiger partial charge in [-0.05, 0) is 36.3 Å². The van der Waals surface area contributed by atoms with E-state index < -0.39 is 0 Å². The largest absolute Gasteiger partial charge is 0.254 e. The maximum atomic E-state index is 4.53. The van der Waals surface area contributed by atoms with Gasteiger partial charge in [0.2, 0.25) is 0 Å². The molecule has 3 rings (SSSR count). The summed E-state index contributed by atoms with van der Waals surface area (Å²) in [4.78, 5) is 9.01. The molecule has 0 fully saturated rings. The topological polar surface area (TPSA) is 25.8 Å². The van der Waals surface area contributed by atoms with Crippen molar-refractivity contribution >= 4 is 27.4 Å². The molecule has 102 valence electrons. The summed E-state index contributed by atoms with van der Waals surface area (Å²) in [5.41, 5.74) is 4.15. The summed E-state index contributed by atoms with van der Waals surface area (Å²) in [6, 6.07) is 10.2. The maximum Gasteiger partial charge on any atom is 0.0970 e. The van der Waals surface area contributed by atoms with Crippen molar-refractivity contribution < 1.29 is 0 Å². The van der Waals surface area contributed by atoms with Gasteiger partial charge in [-0.3, -0.25) is 9.97 Å². The van der Waals surface area contributed by atoms with Crippen LogP contribution >= 0.6 is 0 Å². The highest BCUT2D eigenvalue weighted by Crippen LogP contribution is 2.30. The number of hydrogen-bond acceptors (Lipinski definition) is 2. The maximum absolute atomic E-state index is 4.53. The van der Waals surface area contributed by atoms with Crippen molar-refractivity contribution in [3.63, 3.8) is 0 Å². The fourth-order valence-corrected chi connectivity index (χ4v) is 2.56. The van der Waals surface area contributed by atoms with Crippen molar-refractivity contribution in [1.29, 1.82) is 0 Å². The van der Waals surface area contributed by atoms with Crippen LogP contribution < -0.4 is 0 Å². The van der Waals surface area contributed by atoms with Crippen molar-refractivity contribution in [3.05, 3.63) is 79.2 Å². The molecule has 21 heavy (non-hydrogen) atoms. The van der Waals surface area contributed by atoms with Crippen LogP contribution in [-0.2, 0) is 0 Å². The first-order valence-corrected chi connectivity index (χ1v) is 6.93. The van der Waals surface area contributed by atoms with Crippen molar-refractivity contribution in [2.75, 3.05) is 0 Å². The normalized spacial score (nSPS) is 12.3. The Hall–Kier alpha value is -2.74. The second-order valence-corrected chi connectivity index (χ2v) is 4.76. The minimum Gasteiger partial charge on any atom is -0.254 e. The Morgan fingerprint density at radius 2 is 1.86 bits per heavy atom. The Morgan fingerprint density at radius 1 is 1.10 bits per heavy atom. The van der Waals surface area contributed by atoms with Crippen LogP contribution in [0.4, 0.5) is 0 Å². The number of fused-ring (bicyclic) bond motifs is 3. The van der Waals surface area contributed by atoms with Crippen molar-refractivity contribution in [1.82, 2.24) is 9.97 Å². The third-order valence-electron chi connectivity index (χ3n) is 3.42. The lowest BCUT2D eigenvalue weighted by atomic mass is 9.97. The molecule has 0 aliphatic carbocycles. The molecule has 0 aliphatic rings. The van der Waals surface area contributed by atoms with E-state index in [0.29, 0.717) is 0 Å². The number of aromatic nitrogens is 2. The van der Waals surface area contributed by atoms with Crippen LogP contribution in [0, 0.1) is 0 Å². The number of rotatable bonds is 3. The molecule has 1 aromatic carbocycles. The molecular formula is C19H16N2. The lowest BCUT2D eigenvalue weighted by molar-refractivity contribution is 1.37. The molecule has 0 N–H and O–H groups in total. The quantitative estimate of drug-likeness (QED) is 0.499. The molecule has 0 atom stereocenters. The fraction of sp³-hybridized carbons (Fsp3) is 0.0526. The van der Waals surface area contributed by atoms with Gasteiger partial charge in [-0.15, -0.1) is 0 Å². The lowest BCUT2D eigenvalue weighted by Crippen LogP contribution is -1.90. The van der Waals surface area contributed by atoms with E-state index in [-0.39, 0.29) is 0 Å². The summed E-state index contributed by atoms with van der Waals surface area (Å²) in [6.07, 6.45) is 11.6. The van der Waals surface area contributed by atoms with Gasteiger partial charge in [0.25, 0.3) is 0 Å². The highest BCUT2D eigenvalue weighted by atomic mass is 14.7. The number of nitrogens with zero attached hydrogens (tertiary/aromatic N) is 2. The average molecular weight is 272 g/mol. The van der Waals surface area contributed by atoms with Gasteiger partial charge < -0.3 is 0 Å². The smallest absolute Gasteiger partial charge is 0.0970 e. The van der Waals surface area contributed by atoms with Crippen LogP contribution in [0.3, 0.4) is 0 Å². The monoisotopic (exact) mass is 272 g/mol. The van der Waals surface area contributed by atoms with Crippen LogP contribution in [0.5, 0.6) is 0 Å². The lowest BCUT2D eigenvalue weighted by Gasteiger charge is -2.10. The van der Waals surface area contributed by atoms with Crippen LogP contribution in [0.25, 0.3) is 27.4 Å². The predicted octanol–water partition coefficient (Wildman–Crippen LogP) is 4.93. The molecule has 0 saturated carbocycles. The summed E-state index contributed by atoms with van der Waals surface area (Å²) in [5.74, 6) is 0. The van der Waals surface area contributed by atoms with E-state index in [1.54, 1.807) is 0 Å². The summed E-state index contributed by atoms with van der Waals surface area (Å²) in [7, 11) is 0. The zero-order chi connectivity index (χ0) is 14.7. The summed E-state index contributed by atoms with van der Waals surface area (Å²) in [5, 5.41) is 2.20. The Balaban J connectivity index is 2.45. The molecule has 0 spiro atoms. The fourth-order valence-electron chi connectivity index (χ4n) is 2.56. The van der Waals surface area contributed by atoms with Crippen LogP contribution in [0.1, 0.15) is 12.5 Å². The third kappa shape index (κ3) is 2.36. The second kappa shape index (κ2) is 5.71. The summed E-state index contributed by atoms with van der Waals surface area (Å²) >= 11 is 0. The van der Waals surface area contributed by atoms with E-state index in [1.165, 1.54) is 0 Å². The van der Waals surface area contributed by atoms with Gasteiger partial charge in [0.1, 0.15) is 0 Å². The number of benzene rings is 1. The SMILES string of the molecule is C=C/C=C(\C=C/C)c1cc2cccnc2c2ncccc12. The standard InChI is InChI=1S/C19H16N2/c1-3-7-14(8-4-2)17-13-15-9-5-11-20-18(15)19-16(17)10-6-12-21-19/h3-13H,1H2,2H3/b8-4-,14-7+. The van der Waals surface area contributed by atoms with Gasteiger partial charge in [0, 0.05) is 23.2 Å². The summed E-state index contributed by atoms with van der Waals surface area (Å²) in [6.45, 7) is 5.83. The molecule has 0 aliphatic heterocycles. The molecule has 0 saturated heterocycles. The van der Waals surface area contributed by atoms with Gasteiger partial charge in [-0.2, -0.15) is 0 Å². The van der Waals surface area contributed by atoms with Crippen LogP contribution in [0.2, 0.25) is 0 Å². The number of pyridine rings is 2. The van der Waals surface area contributed by atoms with E-state index in [0.717, 1.165) is 32.9 Å². The zero-order valence-electron chi connectivity index (χ0n) is 12.0. The molecule has 2 heteroatoms. The van der Waals surface area contributed by atoms with Crippen LogP contribution in [0.15, 0.2) is 73.6 Å². The molecule has 2 nitrogen and oxygen atoms in total. The molecular weight excluding hydrogens is 256 g/mol. The second-order valence-electron chi connectivity index (χ2n) is 4.76. The van der Waals surface area contributed by atoms with Gasteiger partial charge in [0.05, 0.1) is 11.0 Å². The van der Waals surface area contributed by atoms with Crippen LogP contribution in [-0.4, -0.2) is 9.97 Å². The van der Waals surface area contributed by atoms with Gasteiger partial charge in [-0.1, -0.05) is 43.0 Å². The van der Waals surface area contributed by atoms with E-state index in [2.05, 4.69) is 40.8 Å². The minimum atomic E-state index is 0.935. The van der Waals surface area contributed by atoms with E-state index in [1.807, 2.05) is 49.7 Å². The van der Waals surface area contributed by atoms with Crippen molar-refractivity contribution in [2.45, 2.75) is 6.92 Å². The van der Waals surface area contributed by atoms with E-state index >= 15 is 0 Å². The van der Waals surface area contributed by atoms with E-state index in [4.69, 9.17) is 0 Å². The average Bonchev–Trinajstić information content (AvgIpc) is 2.54.